The van der Waals surface area contributed by atoms with Gasteiger partial charge in [0.2, 0.25) is 0 Å². The summed E-state index contributed by atoms with van der Waals surface area (Å²) in [4.78, 5) is 6.70. The van der Waals surface area contributed by atoms with Crippen molar-refractivity contribution >= 4 is 5.69 Å². The van der Waals surface area contributed by atoms with E-state index in [9.17, 15) is 13.2 Å². The number of halogens is 3. The molecule has 0 bridgehead atoms. The summed E-state index contributed by atoms with van der Waals surface area (Å²) in [5.74, 6) is -1.12. The standard InChI is InChI=1S/C26H35F3N4/c1-17(2)32-8-7-30-15-25(32)19-11-21(28)13-22(12-19)31-9-10-33(18(3)4)26(16-31)23-14-20(27)5-6-24(23)29/h5-6,11-14,17-18,25-26,30H,7-10,15-16H2,1-4H3. The van der Waals surface area contributed by atoms with E-state index >= 15 is 0 Å². The maximum Gasteiger partial charge on any atom is 0.128 e. The first kappa shape index (κ1) is 24.0. The number of hydrogen-bond acceptors (Lipinski definition) is 4. The molecule has 4 nitrogen and oxygen atoms in total. The maximum absolute atomic E-state index is 14.8. The van der Waals surface area contributed by atoms with Crippen molar-refractivity contribution < 1.29 is 13.2 Å². The molecule has 0 amide bonds. The van der Waals surface area contributed by atoms with E-state index in [4.69, 9.17) is 0 Å². The van der Waals surface area contributed by atoms with Crippen LogP contribution in [-0.2, 0) is 0 Å². The zero-order valence-corrected chi connectivity index (χ0v) is 20.0. The van der Waals surface area contributed by atoms with Gasteiger partial charge < -0.3 is 10.2 Å². The summed E-state index contributed by atoms with van der Waals surface area (Å²) in [6.45, 7) is 12.9. The monoisotopic (exact) mass is 460 g/mol. The number of nitrogens with zero attached hydrogens (tertiary/aromatic N) is 3. The minimum absolute atomic E-state index is 0.0987. The Hall–Kier alpha value is -2.09. The molecule has 2 unspecified atom stereocenters. The largest absolute Gasteiger partial charge is 0.368 e. The number of benzene rings is 2. The topological polar surface area (TPSA) is 21.8 Å². The highest BCUT2D eigenvalue weighted by Gasteiger charge is 2.33. The van der Waals surface area contributed by atoms with Gasteiger partial charge in [-0.15, -0.1) is 0 Å². The number of nitrogens with one attached hydrogen (secondary N) is 1. The van der Waals surface area contributed by atoms with Gasteiger partial charge in [0.1, 0.15) is 17.5 Å². The predicted molar refractivity (Wildman–Crippen MR) is 127 cm³/mol. The first-order valence-corrected chi connectivity index (χ1v) is 12.0. The van der Waals surface area contributed by atoms with Crippen molar-refractivity contribution in [2.75, 3.05) is 44.2 Å². The van der Waals surface area contributed by atoms with Gasteiger partial charge in [0, 0.05) is 68.6 Å². The molecule has 4 rings (SSSR count). The van der Waals surface area contributed by atoms with Crippen LogP contribution in [0, 0.1) is 17.5 Å². The molecule has 180 valence electrons. The summed E-state index contributed by atoms with van der Waals surface area (Å²) >= 11 is 0. The van der Waals surface area contributed by atoms with E-state index in [-0.39, 0.29) is 23.9 Å². The van der Waals surface area contributed by atoms with Gasteiger partial charge in [-0.1, -0.05) is 0 Å². The highest BCUT2D eigenvalue weighted by Crippen LogP contribution is 2.34. The van der Waals surface area contributed by atoms with Crippen LogP contribution in [0.5, 0.6) is 0 Å². The van der Waals surface area contributed by atoms with Gasteiger partial charge in [-0.3, -0.25) is 9.80 Å². The molecule has 0 spiro atoms. The van der Waals surface area contributed by atoms with Crippen LogP contribution in [0.1, 0.15) is 50.9 Å². The Bertz CT molecular complexity index is 965. The summed E-state index contributed by atoms with van der Waals surface area (Å²) in [5, 5.41) is 3.43. The summed E-state index contributed by atoms with van der Waals surface area (Å²) in [7, 11) is 0. The fraction of sp³-hybridized carbons (Fsp3) is 0.538. The molecular formula is C26H35F3N4. The SMILES string of the molecule is CC(C)N1CCNCC1c1cc(F)cc(N2CCN(C(C)C)C(c3cc(F)ccc3F)C2)c1. The van der Waals surface area contributed by atoms with E-state index in [1.165, 1.54) is 12.1 Å². The molecule has 2 heterocycles. The predicted octanol–water partition coefficient (Wildman–Crippen LogP) is 4.73. The molecule has 0 aromatic heterocycles. The lowest BCUT2D eigenvalue weighted by Crippen LogP contribution is -2.51. The molecule has 2 aromatic rings. The van der Waals surface area contributed by atoms with E-state index in [0.717, 1.165) is 37.0 Å². The van der Waals surface area contributed by atoms with Gasteiger partial charge in [-0.25, -0.2) is 13.2 Å². The van der Waals surface area contributed by atoms with Crippen molar-refractivity contribution in [2.45, 2.75) is 51.9 Å². The Morgan fingerprint density at radius 2 is 1.55 bits per heavy atom. The van der Waals surface area contributed by atoms with Crippen LogP contribution < -0.4 is 10.2 Å². The third kappa shape index (κ3) is 5.20. The van der Waals surface area contributed by atoms with Crippen molar-refractivity contribution in [1.82, 2.24) is 15.1 Å². The van der Waals surface area contributed by atoms with Crippen LogP contribution in [0.25, 0.3) is 0 Å². The lowest BCUT2D eigenvalue weighted by molar-refractivity contribution is 0.123. The summed E-state index contributed by atoms with van der Waals surface area (Å²) in [5.41, 5.74) is 2.10. The van der Waals surface area contributed by atoms with Gasteiger partial charge in [-0.2, -0.15) is 0 Å². The number of anilines is 1. The fourth-order valence-electron chi connectivity index (χ4n) is 5.32. The Morgan fingerprint density at radius 1 is 0.818 bits per heavy atom. The molecule has 7 heteroatoms. The summed E-state index contributed by atoms with van der Waals surface area (Å²) < 4.78 is 43.6. The van der Waals surface area contributed by atoms with Gasteiger partial charge in [0.25, 0.3) is 0 Å². The Labute approximate surface area is 195 Å². The Kier molecular flexibility index (Phi) is 7.31. The maximum atomic E-state index is 14.8. The van der Waals surface area contributed by atoms with E-state index in [0.29, 0.717) is 31.2 Å². The zero-order valence-electron chi connectivity index (χ0n) is 20.0. The molecule has 2 aliphatic heterocycles. The molecule has 2 saturated heterocycles. The minimum Gasteiger partial charge on any atom is -0.368 e. The smallest absolute Gasteiger partial charge is 0.128 e. The van der Waals surface area contributed by atoms with Crippen molar-refractivity contribution in [3.05, 3.63) is 65.0 Å². The highest BCUT2D eigenvalue weighted by atomic mass is 19.1. The first-order chi connectivity index (χ1) is 15.7. The van der Waals surface area contributed by atoms with Crippen molar-refractivity contribution in [3.63, 3.8) is 0 Å². The van der Waals surface area contributed by atoms with E-state index in [2.05, 4.69) is 53.8 Å². The van der Waals surface area contributed by atoms with Gasteiger partial charge in [0.05, 0.1) is 6.04 Å². The number of hydrogen-bond donors (Lipinski definition) is 1. The van der Waals surface area contributed by atoms with Crippen LogP contribution in [0.15, 0.2) is 36.4 Å². The van der Waals surface area contributed by atoms with Crippen LogP contribution in [-0.4, -0.2) is 61.2 Å². The van der Waals surface area contributed by atoms with Crippen LogP contribution in [0.2, 0.25) is 0 Å². The average Bonchev–Trinajstić information content (AvgIpc) is 2.79. The van der Waals surface area contributed by atoms with E-state index < -0.39 is 11.6 Å². The molecule has 0 radical (unpaired) electrons. The molecule has 0 saturated carbocycles. The third-order valence-electron chi connectivity index (χ3n) is 7.00. The number of rotatable bonds is 5. The van der Waals surface area contributed by atoms with Crippen molar-refractivity contribution in [1.29, 1.82) is 0 Å². The third-order valence-corrected chi connectivity index (χ3v) is 7.00. The van der Waals surface area contributed by atoms with Crippen molar-refractivity contribution in [2.24, 2.45) is 0 Å². The molecule has 2 aromatic carbocycles. The highest BCUT2D eigenvalue weighted by molar-refractivity contribution is 5.51. The van der Waals surface area contributed by atoms with Gasteiger partial charge in [-0.05, 0) is 69.7 Å². The second-order valence-electron chi connectivity index (χ2n) is 9.75. The first-order valence-electron chi connectivity index (χ1n) is 12.0. The van der Waals surface area contributed by atoms with Crippen LogP contribution >= 0.6 is 0 Å². The number of piperazine rings is 2. The summed E-state index contributed by atoms with van der Waals surface area (Å²) in [6.07, 6.45) is 0. The quantitative estimate of drug-likeness (QED) is 0.696. The molecule has 2 fully saturated rings. The lowest BCUT2D eigenvalue weighted by atomic mass is 9.97. The minimum atomic E-state index is -0.446. The van der Waals surface area contributed by atoms with E-state index in [1.54, 1.807) is 12.1 Å². The van der Waals surface area contributed by atoms with Crippen LogP contribution in [0.3, 0.4) is 0 Å². The molecule has 0 aliphatic carbocycles. The van der Waals surface area contributed by atoms with Crippen molar-refractivity contribution in [3.8, 4) is 0 Å². The molecular weight excluding hydrogens is 425 g/mol. The summed E-state index contributed by atoms with van der Waals surface area (Å²) in [6, 6.07) is 9.22. The molecule has 2 atom stereocenters. The average molecular weight is 461 g/mol. The van der Waals surface area contributed by atoms with Crippen LogP contribution in [0.4, 0.5) is 18.9 Å². The Morgan fingerprint density at radius 3 is 2.27 bits per heavy atom. The van der Waals surface area contributed by atoms with Gasteiger partial charge in [0.15, 0.2) is 0 Å². The lowest BCUT2D eigenvalue weighted by Gasteiger charge is -2.45. The molecule has 33 heavy (non-hydrogen) atoms. The molecule has 2 aliphatic rings. The Balaban J connectivity index is 1.66. The second kappa shape index (κ2) is 10.0. The normalized spacial score (nSPS) is 23.0. The zero-order chi connectivity index (χ0) is 23.7. The van der Waals surface area contributed by atoms with E-state index in [1.807, 2.05) is 0 Å². The molecule has 1 N–H and O–H groups in total. The van der Waals surface area contributed by atoms with Gasteiger partial charge >= 0.3 is 0 Å². The fourth-order valence-corrected chi connectivity index (χ4v) is 5.32. The second-order valence-corrected chi connectivity index (χ2v) is 9.75.